The molecule has 2 aliphatic rings. The second kappa shape index (κ2) is 10.2. The van der Waals surface area contributed by atoms with Crippen molar-refractivity contribution in [2.24, 2.45) is 0 Å². The first-order valence-electron chi connectivity index (χ1n) is 11.5. The van der Waals surface area contributed by atoms with Gasteiger partial charge in [-0.3, -0.25) is 14.5 Å². The Balaban J connectivity index is 1.67. The van der Waals surface area contributed by atoms with E-state index in [9.17, 15) is 14.7 Å². The Hall–Kier alpha value is -3.16. The van der Waals surface area contributed by atoms with E-state index in [4.69, 9.17) is 4.74 Å². The molecule has 33 heavy (non-hydrogen) atoms. The molecule has 7 nitrogen and oxygen atoms in total. The van der Waals surface area contributed by atoms with Gasteiger partial charge in [-0.25, -0.2) is 0 Å². The molecule has 1 amide bonds. The molecule has 2 aliphatic heterocycles. The molecule has 1 atom stereocenters. The molecule has 7 heteroatoms. The molecule has 0 bridgehead atoms. The molecule has 1 unspecified atom stereocenters. The Labute approximate surface area is 194 Å². The van der Waals surface area contributed by atoms with Gasteiger partial charge in [0, 0.05) is 44.8 Å². The summed E-state index contributed by atoms with van der Waals surface area (Å²) in [5.74, 6) is -0.704. The van der Waals surface area contributed by atoms with Gasteiger partial charge in [0.05, 0.1) is 17.7 Å². The number of likely N-dealkylation sites (tertiary alicyclic amines) is 1. The quantitative estimate of drug-likeness (QED) is 0.384. The number of hydrogen-bond donors (Lipinski definition) is 2. The number of hydrogen-bond acceptors (Lipinski definition) is 6. The second-order valence-electron chi connectivity index (χ2n) is 8.69. The lowest BCUT2D eigenvalue weighted by molar-refractivity contribution is -0.140. The number of amides is 1. The molecule has 0 saturated carbocycles. The lowest BCUT2D eigenvalue weighted by Gasteiger charge is -2.31. The van der Waals surface area contributed by atoms with Gasteiger partial charge in [-0.05, 0) is 43.7 Å². The zero-order valence-electron chi connectivity index (χ0n) is 19.2. The number of aliphatic hydroxyl groups is 1. The zero-order chi connectivity index (χ0) is 23.4. The number of piperazine rings is 1. The Morgan fingerprint density at radius 3 is 2.33 bits per heavy atom. The number of carbonyl (C=O) groups is 2. The van der Waals surface area contributed by atoms with Crippen molar-refractivity contribution < 1.29 is 19.4 Å². The number of nitrogens with one attached hydrogen (secondary N) is 1. The summed E-state index contributed by atoms with van der Waals surface area (Å²) in [5.41, 5.74) is 1.41. The van der Waals surface area contributed by atoms with E-state index in [-0.39, 0.29) is 17.4 Å². The molecule has 174 valence electrons. The van der Waals surface area contributed by atoms with Crippen LogP contribution in [0.1, 0.15) is 31.0 Å². The number of nitrogens with zero attached hydrogens (tertiary/aromatic N) is 2. The van der Waals surface area contributed by atoms with Crippen molar-refractivity contribution in [1.29, 1.82) is 0 Å². The van der Waals surface area contributed by atoms with Crippen LogP contribution < -0.4 is 10.1 Å². The SMILES string of the molecule is CC(C)Oc1ccc(C(O)=C2C(=O)C(=O)N(CCN3CCNCC3)C2c2ccccc2)cc1. The standard InChI is InChI=1S/C26H31N3O4/c1-18(2)33-21-10-8-20(9-11-21)24(30)22-23(19-6-4-3-5-7-19)29(26(32)25(22)31)17-16-28-14-12-27-13-15-28/h3-11,18,23,27,30H,12-17H2,1-2H3. The average Bonchev–Trinajstić information content (AvgIpc) is 3.08. The summed E-state index contributed by atoms with van der Waals surface area (Å²) >= 11 is 0. The predicted molar refractivity (Wildman–Crippen MR) is 127 cm³/mol. The van der Waals surface area contributed by atoms with Crippen LogP contribution in [0.5, 0.6) is 5.75 Å². The van der Waals surface area contributed by atoms with Gasteiger partial charge in [0.25, 0.3) is 11.7 Å². The van der Waals surface area contributed by atoms with E-state index in [0.29, 0.717) is 24.4 Å². The Morgan fingerprint density at radius 1 is 1.03 bits per heavy atom. The first-order valence-corrected chi connectivity index (χ1v) is 11.5. The molecule has 0 aliphatic carbocycles. The summed E-state index contributed by atoms with van der Waals surface area (Å²) < 4.78 is 5.67. The molecule has 2 aromatic carbocycles. The van der Waals surface area contributed by atoms with Gasteiger partial charge >= 0.3 is 0 Å². The van der Waals surface area contributed by atoms with Crippen LogP contribution in [0.4, 0.5) is 0 Å². The van der Waals surface area contributed by atoms with E-state index in [0.717, 1.165) is 31.7 Å². The van der Waals surface area contributed by atoms with Crippen LogP contribution in [0, 0.1) is 0 Å². The van der Waals surface area contributed by atoms with E-state index in [1.165, 1.54) is 0 Å². The molecule has 2 N–H and O–H groups in total. The Bertz CT molecular complexity index is 1010. The van der Waals surface area contributed by atoms with Crippen LogP contribution in [0.2, 0.25) is 0 Å². The van der Waals surface area contributed by atoms with Gasteiger partial charge in [0.1, 0.15) is 11.5 Å². The molecule has 0 spiro atoms. The summed E-state index contributed by atoms with van der Waals surface area (Å²) in [6.45, 7) is 8.62. The van der Waals surface area contributed by atoms with Crippen molar-refractivity contribution in [3.8, 4) is 5.75 Å². The number of ketones is 1. The normalized spacial score (nSPS) is 21.1. The van der Waals surface area contributed by atoms with Gasteiger partial charge in [-0.15, -0.1) is 0 Å². The highest BCUT2D eigenvalue weighted by atomic mass is 16.5. The maximum absolute atomic E-state index is 13.1. The van der Waals surface area contributed by atoms with E-state index in [2.05, 4.69) is 10.2 Å². The largest absolute Gasteiger partial charge is 0.507 e. The molecule has 2 heterocycles. The van der Waals surface area contributed by atoms with Crippen molar-refractivity contribution in [3.63, 3.8) is 0 Å². The molecule has 2 fully saturated rings. The fourth-order valence-electron chi connectivity index (χ4n) is 4.40. The zero-order valence-corrected chi connectivity index (χ0v) is 19.2. The number of rotatable bonds is 7. The highest BCUT2D eigenvalue weighted by molar-refractivity contribution is 6.46. The summed E-state index contributed by atoms with van der Waals surface area (Å²) in [5, 5.41) is 14.5. The molecule has 0 radical (unpaired) electrons. The van der Waals surface area contributed by atoms with Gasteiger partial charge in [0.15, 0.2) is 0 Å². The van der Waals surface area contributed by atoms with E-state index in [1.54, 1.807) is 29.2 Å². The van der Waals surface area contributed by atoms with Crippen molar-refractivity contribution in [1.82, 2.24) is 15.1 Å². The van der Waals surface area contributed by atoms with Crippen LogP contribution in [-0.4, -0.2) is 72.0 Å². The number of Topliss-reactive ketones (excluding diaryl/α,β-unsaturated/α-hetero) is 1. The third-order valence-corrected chi connectivity index (χ3v) is 6.02. The number of aliphatic hydroxyl groups excluding tert-OH is 1. The lowest BCUT2D eigenvalue weighted by atomic mass is 9.95. The molecule has 2 saturated heterocycles. The lowest BCUT2D eigenvalue weighted by Crippen LogP contribution is -2.46. The van der Waals surface area contributed by atoms with Crippen LogP contribution >= 0.6 is 0 Å². The van der Waals surface area contributed by atoms with Crippen molar-refractivity contribution in [2.75, 3.05) is 39.3 Å². The van der Waals surface area contributed by atoms with Gasteiger partial charge < -0.3 is 20.1 Å². The minimum Gasteiger partial charge on any atom is -0.507 e. The minimum absolute atomic E-state index is 0.0311. The Morgan fingerprint density at radius 2 is 1.70 bits per heavy atom. The fourth-order valence-corrected chi connectivity index (χ4v) is 4.40. The number of benzene rings is 2. The summed E-state index contributed by atoms with van der Waals surface area (Å²) in [6.07, 6.45) is 0.0311. The third kappa shape index (κ3) is 5.10. The predicted octanol–water partition coefficient (Wildman–Crippen LogP) is 2.80. The summed E-state index contributed by atoms with van der Waals surface area (Å²) in [4.78, 5) is 30.1. The molecule has 2 aromatic rings. The number of ether oxygens (including phenoxy) is 1. The Kier molecular flexibility index (Phi) is 7.11. The van der Waals surface area contributed by atoms with E-state index < -0.39 is 17.7 Å². The molecular weight excluding hydrogens is 418 g/mol. The molecule has 0 aromatic heterocycles. The smallest absolute Gasteiger partial charge is 0.295 e. The second-order valence-corrected chi connectivity index (χ2v) is 8.69. The van der Waals surface area contributed by atoms with Gasteiger partial charge in [-0.2, -0.15) is 0 Å². The van der Waals surface area contributed by atoms with Crippen LogP contribution in [-0.2, 0) is 9.59 Å². The van der Waals surface area contributed by atoms with Gasteiger partial charge in [0.2, 0.25) is 0 Å². The van der Waals surface area contributed by atoms with Gasteiger partial charge in [-0.1, -0.05) is 30.3 Å². The van der Waals surface area contributed by atoms with Crippen LogP contribution in [0.3, 0.4) is 0 Å². The first kappa shape index (κ1) is 23.0. The average molecular weight is 450 g/mol. The van der Waals surface area contributed by atoms with E-state index in [1.807, 2.05) is 44.2 Å². The summed E-state index contributed by atoms with van der Waals surface area (Å²) in [7, 11) is 0. The van der Waals surface area contributed by atoms with Crippen molar-refractivity contribution in [2.45, 2.75) is 26.0 Å². The fraction of sp³-hybridized carbons (Fsp3) is 0.385. The highest BCUT2D eigenvalue weighted by Crippen LogP contribution is 2.39. The van der Waals surface area contributed by atoms with Crippen molar-refractivity contribution >= 4 is 17.4 Å². The maximum atomic E-state index is 13.1. The van der Waals surface area contributed by atoms with Crippen LogP contribution in [0.15, 0.2) is 60.2 Å². The highest BCUT2D eigenvalue weighted by Gasteiger charge is 2.45. The first-order chi connectivity index (χ1) is 16.0. The van der Waals surface area contributed by atoms with E-state index >= 15 is 0 Å². The molecule has 4 rings (SSSR count). The van der Waals surface area contributed by atoms with Crippen molar-refractivity contribution in [3.05, 3.63) is 71.3 Å². The van der Waals surface area contributed by atoms with Crippen LogP contribution in [0.25, 0.3) is 5.76 Å². The summed E-state index contributed by atoms with van der Waals surface area (Å²) in [6, 6.07) is 15.7. The maximum Gasteiger partial charge on any atom is 0.295 e. The minimum atomic E-state index is -0.649. The topological polar surface area (TPSA) is 82.1 Å². The number of carbonyl (C=O) groups excluding carboxylic acids is 2. The third-order valence-electron chi connectivity index (χ3n) is 6.02. The monoisotopic (exact) mass is 449 g/mol. The molecular formula is C26H31N3O4.